The van der Waals surface area contributed by atoms with Crippen LogP contribution in [0.3, 0.4) is 0 Å². The van der Waals surface area contributed by atoms with E-state index >= 15 is 0 Å². The Bertz CT molecular complexity index is 4260. The molecule has 0 fully saturated rings. The average molecular weight is 1490 g/mol. The van der Waals surface area contributed by atoms with E-state index in [4.69, 9.17) is 34.0 Å². The Morgan fingerprint density at radius 2 is 0.738 bits per heavy atom. The molecule has 0 aliphatic rings. The Balaban J connectivity index is 0.703. The molecule has 42 heteroatoms. The second-order valence-electron chi connectivity index (χ2n) is 23.6. The van der Waals surface area contributed by atoms with Gasteiger partial charge < -0.3 is 119 Å². The van der Waals surface area contributed by atoms with Gasteiger partial charge in [0.05, 0.1) is 96.3 Å². The van der Waals surface area contributed by atoms with Gasteiger partial charge in [-0.15, -0.1) is 0 Å². The van der Waals surface area contributed by atoms with Gasteiger partial charge in [-0.05, 0) is 30.2 Å². The van der Waals surface area contributed by atoms with Gasteiger partial charge >= 0.3 is 0 Å². The van der Waals surface area contributed by atoms with E-state index in [0.717, 1.165) is 0 Å². The molecule has 7 aromatic heterocycles. The van der Waals surface area contributed by atoms with E-state index in [9.17, 15) is 52.7 Å². The van der Waals surface area contributed by atoms with Crippen molar-refractivity contribution in [2.75, 3.05) is 150 Å². The van der Waals surface area contributed by atoms with Crippen LogP contribution in [-0.2, 0) is 96.9 Å². The quantitative estimate of drug-likeness (QED) is 0.0108. The molecule has 7 heterocycles. The number of hydrogen-bond donors (Lipinski definition) is 11. The van der Waals surface area contributed by atoms with Crippen LogP contribution in [0.15, 0.2) is 72.9 Å². The first-order chi connectivity index (χ1) is 51.5. The number of nitrogens with zero attached hydrogens (tertiary/aromatic N) is 14. The summed E-state index contributed by atoms with van der Waals surface area (Å²) in [5.41, 5.74) is 9.71. The number of imidazole rings is 4. The minimum Gasteiger partial charge on any atom is -0.379 e. The van der Waals surface area contributed by atoms with E-state index in [1.165, 1.54) is 82.8 Å². The molecule has 0 saturated carbocycles. The lowest BCUT2D eigenvalue weighted by Crippen LogP contribution is -2.33. The van der Waals surface area contributed by atoms with Gasteiger partial charge in [0, 0.05) is 169 Å². The van der Waals surface area contributed by atoms with E-state index in [0.29, 0.717) is 78.4 Å². The van der Waals surface area contributed by atoms with Crippen molar-refractivity contribution in [1.29, 1.82) is 0 Å². The normalized spacial score (nSPS) is 10.9. The van der Waals surface area contributed by atoms with Crippen LogP contribution < -0.4 is 58.5 Å². The molecule has 0 radical (unpaired) electrons. The smallest absolute Gasteiger partial charge is 0.291 e. The van der Waals surface area contributed by atoms with Crippen molar-refractivity contribution in [2.24, 2.45) is 54.4 Å². The first-order valence-electron chi connectivity index (χ1n) is 33.7. The zero-order valence-electron chi connectivity index (χ0n) is 60.3. The summed E-state index contributed by atoms with van der Waals surface area (Å²) in [7, 11) is 11.2. The highest BCUT2D eigenvalue weighted by Gasteiger charge is 2.23. The number of hydrogen-bond acceptors (Lipinski definition) is 22. The number of rotatable bonds is 47. The van der Waals surface area contributed by atoms with Crippen molar-refractivity contribution >= 4 is 99.5 Å². The van der Waals surface area contributed by atoms with Crippen molar-refractivity contribution in [3.63, 3.8) is 0 Å². The van der Waals surface area contributed by atoms with Crippen LogP contribution in [0, 0.1) is 0 Å². The number of azide groups is 1. The predicted octanol–water partition coefficient (Wildman–Crippen LogP) is 0.705. The average Bonchev–Trinajstić information content (AvgIpc) is 1.68. The monoisotopic (exact) mass is 1490 g/mol. The maximum Gasteiger partial charge on any atom is 0.291 e. The van der Waals surface area contributed by atoms with Crippen LogP contribution in [-0.4, -0.2) is 235 Å². The zero-order valence-corrected chi connectivity index (χ0v) is 60.3. The second kappa shape index (κ2) is 42.6. The summed E-state index contributed by atoms with van der Waals surface area (Å²) in [6.45, 7) is 5.03. The Morgan fingerprint density at radius 3 is 1.20 bits per heavy atom. The lowest BCUT2D eigenvalue weighted by molar-refractivity contribution is -0.121. The van der Waals surface area contributed by atoms with Gasteiger partial charge in [0.1, 0.15) is 17.1 Å². The Hall–Kier alpha value is -12.1. The summed E-state index contributed by atoms with van der Waals surface area (Å²) >= 11 is 0. The maximum atomic E-state index is 13.3. The highest BCUT2D eigenvalue weighted by molar-refractivity contribution is 6.06. The molecular formula is C65H89N25O17. The van der Waals surface area contributed by atoms with Crippen LogP contribution in [0.1, 0.15) is 106 Å². The number of aryl methyl sites for hydroxylation is 7. The second-order valence-corrected chi connectivity index (χ2v) is 23.6. The highest BCUT2D eigenvalue weighted by atomic mass is 16.6. The lowest BCUT2D eigenvalue weighted by Gasteiger charge is -2.09. The van der Waals surface area contributed by atoms with Gasteiger partial charge in [0.2, 0.25) is 41.1 Å². The highest BCUT2D eigenvalue weighted by Crippen LogP contribution is 2.19. The molecule has 107 heavy (non-hydrogen) atoms. The number of aromatic nitrogens is 11. The SMILES string of the molecule is Cn1cc(NC(=O)c2nc(NC(=O)CCNC(=O)c3cc(NC(=O)c4nccn4C)cn3C)cn2C)cc1C(=O)NCCCC(=O)Nc1cn(C)c(C(=O)NCCC(=O)Nc2cc(C(=O)Nc3cn(C)c(C(=O)NCCC(=O)NCCOCCOCCOCCOCCOCCOCCN=[N+]=[N-])n3)n(C)c2)n1. The van der Waals surface area contributed by atoms with E-state index in [2.05, 4.69) is 88.4 Å². The van der Waals surface area contributed by atoms with Gasteiger partial charge in [-0.25, -0.2) is 19.9 Å². The zero-order chi connectivity index (χ0) is 77.2. The third-order valence-electron chi connectivity index (χ3n) is 15.2. The van der Waals surface area contributed by atoms with Crippen molar-refractivity contribution in [3.8, 4) is 0 Å². The van der Waals surface area contributed by atoms with Crippen LogP contribution in [0.25, 0.3) is 10.4 Å². The number of ether oxygens (including phenoxy) is 6. The molecule has 0 spiro atoms. The molecule has 42 nitrogen and oxygen atoms in total. The molecule has 11 amide bonds. The number of carbonyl (C=O) groups excluding carboxylic acids is 11. The van der Waals surface area contributed by atoms with Gasteiger partial charge in [-0.2, -0.15) is 0 Å². The molecule has 0 aromatic carbocycles. The maximum absolute atomic E-state index is 13.3. The molecular weight excluding hydrogens is 1400 g/mol. The summed E-state index contributed by atoms with van der Waals surface area (Å²) < 4.78 is 42.7. The Kier molecular flexibility index (Phi) is 32.8. The first kappa shape index (κ1) is 82.2. The molecule has 7 aromatic rings. The van der Waals surface area contributed by atoms with Gasteiger partial charge in [-0.3, -0.25) is 52.7 Å². The van der Waals surface area contributed by atoms with E-state index < -0.39 is 59.1 Å². The molecule has 0 aliphatic carbocycles. The number of amides is 11. The van der Waals surface area contributed by atoms with Crippen molar-refractivity contribution in [2.45, 2.75) is 32.1 Å². The Morgan fingerprint density at radius 1 is 0.364 bits per heavy atom. The fraction of sp³-hybridized carbons (Fsp3) is 0.462. The summed E-state index contributed by atoms with van der Waals surface area (Å²) in [5, 5.41) is 32.7. The summed E-state index contributed by atoms with van der Waals surface area (Å²) in [4.78, 5) is 162. The van der Waals surface area contributed by atoms with Crippen molar-refractivity contribution in [1.82, 2.24) is 78.5 Å². The topological polar surface area (TPSA) is 510 Å². The number of carbonyl (C=O) groups is 11. The summed E-state index contributed by atoms with van der Waals surface area (Å²) in [6.07, 6.45) is 11.9. The van der Waals surface area contributed by atoms with Crippen LogP contribution in [0.2, 0.25) is 0 Å². The Labute approximate surface area is 612 Å². The van der Waals surface area contributed by atoms with Crippen molar-refractivity contribution < 1.29 is 81.2 Å². The lowest BCUT2D eigenvalue weighted by atomic mass is 10.3. The minimum absolute atomic E-state index is 0.0110. The summed E-state index contributed by atoms with van der Waals surface area (Å²) in [5.74, 6) is -5.30. The molecule has 0 bridgehead atoms. The van der Waals surface area contributed by atoms with Gasteiger partial charge in [0.15, 0.2) is 23.3 Å². The minimum atomic E-state index is -0.639. The third-order valence-corrected chi connectivity index (χ3v) is 15.2. The van der Waals surface area contributed by atoms with Gasteiger partial charge in [0.25, 0.3) is 41.4 Å². The molecule has 11 N–H and O–H groups in total. The molecule has 576 valence electrons. The van der Waals surface area contributed by atoms with Crippen LogP contribution in [0.4, 0.5) is 34.5 Å². The van der Waals surface area contributed by atoms with Crippen molar-refractivity contribution in [3.05, 3.63) is 119 Å². The third kappa shape index (κ3) is 27.2. The van der Waals surface area contributed by atoms with E-state index in [-0.39, 0.29) is 153 Å². The largest absolute Gasteiger partial charge is 0.379 e. The molecule has 0 unspecified atom stereocenters. The standard InChI is InChI=1S/C65H89N25O17/c1-84-20-17-68-55(84)64(100)75-43-34-46(86(3)37-43)60(96)70-15-12-54(94)78-49-40-90(7)58(80-49)65(101)76-44-35-45(85(2)38-44)59(95)69-13-8-9-52(92)77-48-39-88(5)56(79-48)62(98)72-16-11-53(93)74-42-33-47(87(4)36-42)61(97)82-50-41-89(6)57(81-50)63(99)71-14-10-51(91)67-18-21-102-23-25-104-27-29-106-31-32-107-30-28-105-26-24-103-22-19-73-83-66/h17,20,33-41H,8-16,18-19,21-32H2,1-7H3,(H,67,91)(H,69,95)(H,70,96)(H,71,99)(H,72,98)(H,74,93)(H,75,100)(H,76,101)(H,77,92)(H,78,94)(H,82,97). The van der Waals surface area contributed by atoms with Gasteiger partial charge in [-0.1, -0.05) is 5.11 Å². The van der Waals surface area contributed by atoms with E-state index in [1.54, 1.807) is 66.3 Å². The molecule has 7 rings (SSSR count). The molecule has 0 saturated heterocycles. The first-order valence-corrected chi connectivity index (χ1v) is 33.7. The predicted molar refractivity (Wildman–Crippen MR) is 383 cm³/mol. The number of anilines is 6. The summed E-state index contributed by atoms with van der Waals surface area (Å²) in [6, 6.07) is 4.38. The van der Waals surface area contributed by atoms with E-state index in [1.807, 2.05) is 0 Å². The fourth-order valence-corrected chi connectivity index (χ4v) is 9.92. The van der Waals surface area contributed by atoms with Crippen LogP contribution in [0.5, 0.6) is 0 Å². The van der Waals surface area contributed by atoms with Crippen LogP contribution >= 0.6 is 0 Å². The number of nitrogens with one attached hydrogen (secondary N) is 11. The molecule has 0 atom stereocenters. The fourth-order valence-electron chi connectivity index (χ4n) is 9.92. The molecule has 0 aliphatic heterocycles.